The first-order chi connectivity index (χ1) is 11.2. The lowest BCUT2D eigenvalue weighted by Crippen LogP contribution is -2.34. The zero-order valence-electron chi connectivity index (χ0n) is 13.3. The molecule has 2 aromatic carbocycles. The second-order valence-electron chi connectivity index (χ2n) is 5.88. The summed E-state index contributed by atoms with van der Waals surface area (Å²) in [4.78, 5) is 14.4. The summed E-state index contributed by atoms with van der Waals surface area (Å²) in [6, 6.07) is 14.3. The van der Waals surface area contributed by atoms with Gasteiger partial charge in [0.1, 0.15) is 5.82 Å². The van der Waals surface area contributed by atoms with Crippen molar-refractivity contribution in [3.05, 3.63) is 65.5 Å². The molecule has 3 nitrogen and oxygen atoms in total. The molecule has 1 atom stereocenters. The summed E-state index contributed by atoms with van der Waals surface area (Å²) in [6.07, 6.45) is 2.85. The molecule has 0 unspecified atom stereocenters. The normalized spacial score (nSPS) is 17.3. The topological polar surface area (TPSA) is 32.3 Å². The molecule has 0 aliphatic carbocycles. The highest BCUT2D eigenvalue weighted by Crippen LogP contribution is 2.32. The van der Waals surface area contributed by atoms with E-state index in [1.807, 2.05) is 29.2 Å². The number of likely N-dealkylation sites (tertiary alicyclic amines) is 1. The van der Waals surface area contributed by atoms with E-state index in [1.54, 1.807) is 12.1 Å². The number of rotatable bonds is 3. The number of nitrogens with one attached hydrogen (secondary N) is 1. The summed E-state index contributed by atoms with van der Waals surface area (Å²) >= 11 is 0. The molecule has 1 fully saturated rings. The van der Waals surface area contributed by atoms with Gasteiger partial charge in [0.05, 0.1) is 6.04 Å². The largest absolute Gasteiger partial charge is 0.322 e. The molecular weight excluding hydrogens is 291 g/mol. The van der Waals surface area contributed by atoms with Crippen LogP contribution in [0.5, 0.6) is 0 Å². The minimum atomic E-state index is -0.251. The third-order valence-corrected chi connectivity index (χ3v) is 4.38. The van der Waals surface area contributed by atoms with Gasteiger partial charge < -0.3 is 10.2 Å². The van der Waals surface area contributed by atoms with Gasteiger partial charge in [0.25, 0.3) is 0 Å². The molecule has 0 radical (unpaired) electrons. The highest BCUT2D eigenvalue weighted by molar-refractivity contribution is 5.89. The van der Waals surface area contributed by atoms with E-state index in [0.29, 0.717) is 0 Å². The van der Waals surface area contributed by atoms with Crippen LogP contribution >= 0.6 is 0 Å². The maximum atomic E-state index is 13.1. The highest BCUT2D eigenvalue weighted by Gasteiger charge is 2.29. The quantitative estimate of drug-likeness (QED) is 0.871. The summed E-state index contributed by atoms with van der Waals surface area (Å²) < 4.78 is 13.1. The van der Waals surface area contributed by atoms with Crippen LogP contribution < -0.4 is 5.32 Å². The first-order valence-corrected chi connectivity index (χ1v) is 8.09. The predicted octanol–water partition coefficient (Wildman–Crippen LogP) is 4.76. The predicted molar refractivity (Wildman–Crippen MR) is 89.9 cm³/mol. The van der Waals surface area contributed by atoms with Crippen molar-refractivity contribution in [1.29, 1.82) is 0 Å². The summed E-state index contributed by atoms with van der Waals surface area (Å²) in [5.74, 6) is -0.251. The van der Waals surface area contributed by atoms with Crippen molar-refractivity contribution < 1.29 is 9.18 Å². The maximum Gasteiger partial charge on any atom is 0.322 e. The third kappa shape index (κ3) is 3.52. The van der Waals surface area contributed by atoms with Crippen LogP contribution in [0.15, 0.2) is 48.5 Å². The van der Waals surface area contributed by atoms with Gasteiger partial charge in [-0.05, 0) is 54.7 Å². The highest BCUT2D eigenvalue weighted by atomic mass is 19.1. The Labute approximate surface area is 136 Å². The van der Waals surface area contributed by atoms with Gasteiger partial charge >= 0.3 is 6.03 Å². The number of halogens is 1. The Balaban J connectivity index is 1.71. The molecule has 120 valence electrons. The van der Waals surface area contributed by atoms with Gasteiger partial charge in [0.2, 0.25) is 0 Å². The molecule has 1 heterocycles. The average molecular weight is 312 g/mol. The molecule has 0 aromatic heterocycles. The standard InChI is InChI=1S/C19H21FN2O/c1-2-14-5-11-17(12-6-14)21-19(23)22-13-3-4-18(22)15-7-9-16(20)10-8-15/h5-12,18H,2-4,13H2,1H3,(H,21,23)/t18-/m0/s1. The Hall–Kier alpha value is -2.36. The molecule has 2 aromatic rings. The molecular formula is C19H21FN2O. The van der Waals surface area contributed by atoms with Crippen LogP contribution in [-0.2, 0) is 6.42 Å². The van der Waals surface area contributed by atoms with Gasteiger partial charge in [-0.1, -0.05) is 31.2 Å². The summed E-state index contributed by atoms with van der Waals surface area (Å²) in [7, 11) is 0. The van der Waals surface area contributed by atoms with Gasteiger partial charge in [-0.25, -0.2) is 9.18 Å². The Morgan fingerprint density at radius 1 is 1.17 bits per heavy atom. The van der Waals surface area contributed by atoms with Crippen molar-refractivity contribution in [2.75, 3.05) is 11.9 Å². The molecule has 1 aliphatic rings. The second-order valence-corrected chi connectivity index (χ2v) is 5.88. The lowest BCUT2D eigenvalue weighted by atomic mass is 10.0. The number of aryl methyl sites for hydroxylation is 1. The van der Waals surface area contributed by atoms with Crippen LogP contribution in [0.3, 0.4) is 0 Å². The van der Waals surface area contributed by atoms with Gasteiger partial charge in [0, 0.05) is 12.2 Å². The number of amides is 2. The zero-order valence-corrected chi connectivity index (χ0v) is 13.3. The van der Waals surface area contributed by atoms with Crippen LogP contribution in [0.25, 0.3) is 0 Å². The van der Waals surface area contributed by atoms with E-state index in [1.165, 1.54) is 17.7 Å². The van der Waals surface area contributed by atoms with Crippen LogP contribution in [0.2, 0.25) is 0 Å². The van der Waals surface area contributed by atoms with Gasteiger partial charge in [-0.3, -0.25) is 0 Å². The van der Waals surface area contributed by atoms with E-state index in [4.69, 9.17) is 0 Å². The molecule has 0 spiro atoms. The van der Waals surface area contributed by atoms with Crippen molar-refractivity contribution in [3.63, 3.8) is 0 Å². The van der Waals surface area contributed by atoms with E-state index in [2.05, 4.69) is 12.2 Å². The van der Waals surface area contributed by atoms with Crippen molar-refractivity contribution >= 4 is 11.7 Å². The van der Waals surface area contributed by atoms with E-state index in [9.17, 15) is 9.18 Å². The SMILES string of the molecule is CCc1ccc(NC(=O)N2CCC[C@H]2c2ccc(F)cc2)cc1. The molecule has 3 rings (SSSR count). The molecule has 1 saturated heterocycles. The summed E-state index contributed by atoms with van der Waals surface area (Å²) in [6.45, 7) is 2.83. The van der Waals surface area contributed by atoms with E-state index < -0.39 is 0 Å². The number of nitrogens with zero attached hydrogens (tertiary/aromatic N) is 1. The van der Waals surface area contributed by atoms with Gasteiger partial charge in [0.15, 0.2) is 0 Å². The molecule has 0 saturated carbocycles. The fraction of sp³-hybridized carbons (Fsp3) is 0.316. The molecule has 2 amide bonds. The number of anilines is 1. The lowest BCUT2D eigenvalue weighted by Gasteiger charge is -2.25. The number of hydrogen-bond acceptors (Lipinski definition) is 1. The van der Waals surface area contributed by atoms with Crippen molar-refractivity contribution in [2.24, 2.45) is 0 Å². The molecule has 1 aliphatic heterocycles. The van der Waals surface area contributed by atoms with Crippen molar-refractivity contribution in [3.8, 4) is 0 Å². The third-order valence-electron chi connectivity index (χ3n) is 4.38. The molecule has 4 heteroatoms. The Bertz CT molecular complexity index is 667. The average Bonchev–Trinajstić information content (AvgIpc) is 3.06. The molecule has 0 bridgehead atoms. The Kier molecular flexibility index (Phi) is 4.60. The number of benzene rings is 2. The van der Waals surface area contributed by atoms with Gasteiger partial charge in [-0.2, -0.15) is 0 Å². The van der Waals surface area contributed by atoms with E-state index in [-0.39, 0.29) is 17.9 Å². The second kappa shape index (κ2) is 6.82. The van der Waals surface area contributed by atoms with Crippen LogP contribution in [0, 0.1) is 5.82 Å². The summed E-state index contributed by atoms with van der Waals surface area (Å²) in [5, 5.41) is 2.96. The van der Waals surface area contributed by atoms with Crippen LogP contribution in [-0.4, -0.2) is 17.5 Å². The Morgan fingerprint density at radius 2 is 1.87 bits per heavy atom. The fourth-order valence-corrected chi connectivity index (χ4v) is 3.06. The van der Waals surface area contributed by atoms with Crippen LogP contribution in [0.4, 0.5) is 14.9 Å². The first-order valence-electron chi connectivity index (χ1n) is 8.09. The number of carbonyl (C=O) groups is 1. The minimum absolute atomic E-state index is 0.0190. The smallest absolute Gasteiger partial charge is 0.317 e. The molecule has 23 heavy (non-hydrogen) atoms. The lowest BCUT2D eigenvalue weighted by molar-refractivity contribution is 0.207. The van der Waals surface area contributed by atoms with Gasteiger partial charge in [-0.15, -0.1) is 0 Å². The number of hydrogen-bond donors (Lipinski definition) is 1. The van der Waals surface area contributed by atoms with E-state index in [0.717, 1.165) is 37.1 Å². The van der Waals surface area contributed by atoms with Crippen molar-refractivity contribution in [2.45, 2.75) is 32.2 Å². The zero-order chi connectivity index (χ0) is 16.2. The monoisotopic (exact) mass is 312 g/mol. The fourth-order valence-electron chi connectivity index (χ4n) is 3.06. The minimum Gasteiger partial charge on any atom is -0.317 e. The Morgan fingerprint density at radius 3 is 2.52 bits per heavy atom. The van der Waals surface area contributed by atoms with Crippen molar-refractivity contribution in [1.82, 2.24) is 4.90 Å². The molecule has 1 N–H and O–H groups in total. The maximum absolute atomic E-state index is 13.1. The number of carbonyl (C=O) groups excluding carboxylic acids is 1. The first kappa shape index (κ1) is 15.5. The van der Waals surface area contributed by atoms with Crippen LogP contribution in [0.1, 0.15) is 36.9 Å². The number of urea groups is 1. The summed E-state index contributed by atoms with van der Waals surface area (Å²) in [5.41, 5.74) is 3.03. The van der Waals surface area contributed by atoms with E-state index >= 15 is 0 Å².